The van der Waals surface area contributed by atoms with Gasteiger partial charge in [-0.2, -0.15) is 0 Å². The van der Waals surface area contributed by atoms with Crippen LogP contribution >= 0.6 is 0 Å². The lowest BCUT2D eigenvalue weighted by Gasteiger charge is -2.27. The van der Waals surface area contributed by atoms with E-state index in [1.165, 1.54) is 25.3 Å². The number of rotatable bonds is 3. The zero-order valence-electron chi connectivity index (χ0n) is 11.7. The summed E-state index contributed by atoms with van der Waals surface area (Å²) in [6.07, 6.45) is 1.93. The highest BCUT2D eigenvalue weighted by Crippen LogP contribution is 2.37. The lowest BCUT2D eigenvalue weighted by Crippen LogP contribution is -2.33. The second-order valence-electron chi connectivity index (χ2n) is 5.06. The molecule has 1 aromatic carbocycles. The molecule has 0 saturated heterocycles. The van der Waals surface area contributed by atoms with Gasteiger partial charge in [0.05, 0.1) is 12.0 Å². The van der Waals surface area contributed by atoms with E-state index in [1.807, 2.05) is 0 Å². The molecule has 110 valence electrons. The molecule has 21 heavy (non-hydrogen) atoms. The first kappa shape index (κ1) is 14.9. The Hall–Kier alpha value is -2.50. The quantitative estimate of drug-likeness (QED) is 0.369. The molecule has 2 atom stereocenters. The van der Waals surface area contributed by atoms with Crippen molar-refractivity contribution in [3.63, 3.8) is 0 Å². The molecule has 0 heterocycles. The van der Waals surface area contributed by atoms with E-state index in [0.29, 0.717) is 12.0 Å². The largest absolute Gasteiger partial charge is 0.468 e. The van der Waals surface area contributed by atoms with E-state index in [4.69, 9.17) is 4.74 Å². The van der Waals surface area contributed by atoms with Gasteiger partial charge in [0.1, 0.15) is 5.92 Å². The fourth-order valence-electron chi connectivity index (χ4n) is 2.64. The standard InChI is InChI=1S/C15H15NO5/c1-9-6-12(14(13(17)7-9)15(18)21-2)10-4-3-5-11(8-10)16(19)20/h3-5,7-8,12,14H,6H2,1-2H3. The van der Waals surface area contributed by atoms with Crippen LogP contribution in [0.3, 0.4) is 0 Å². The maximum Gasteiger partial charge on any atom is 0.317 e. The van der Waals surface area contributed by atoms with E-state index >= 15 is 0 Å². The Labute approximate surface area is 121 Å². The van der Waals surface area contributed by atoms with Gasteiger partial charge in [-0.1, -0.05) is 17.7 Å². The number of methoxy groups -OCH3 is 1. The number of nitrogens with zero attached hydrogens (tertiary/aromatic N) is 1. The van der Waals surface area contributed by atoms with Crippen molar-refractivity contribution in [2.24, 2.45) is 5.92 Å². The average molecular weight is 289 g/mol. The number of ketones is 1. The summed E-state index contributed by atoms with van der Waals surface area (Å²) in [7, 11) is 1.23. The van der Waals surface area contributed by atoms with Gasteiger partial charge < -0.3 is 4.74 Å². The summed E-state index contributed by atoms with van der Waals surface area (Å²) in [6.45, 7) is 1.80. The van der Waals surface area contributed by atoms with Crippen molar-refractivity contribution in [3.05, 3.63) is 51.6 Å². The number of ether oxygens (including phenoxy) is 1. The van der Waals surface area contributed by atoms with Gasteiger partial charge in [0.15, 0.2) is 5.78 Å². The van der Waals surface area contributed by atoms with E-state index < -0.39 is 22.7 Å². The van der Waals surface area contributed by atoms with Crippen LogP contribution in [0.1, 0.15) is 24.8 Å². The molecule has 0 bridgehead atoms. The van der Waals surface area contributed by atoms with E-state index in [2.05, 4.69) is 0 Å². The van der Waals surface area contributed by atoms with Gasteiger partial charge in [-0.3, -0.25) is 19.7 Å². The van der Waals surface area contributed by atoms with Crippen LogP contribution in [-0.4, -0.2) is 23.8 Å². The molecular weight excluding hydrogens is 274 g/mol. The molecule has 6 nitrogen and oxygen atoms in total. The third-order valence-corrected chi connectivity index (χ3v) is 3.60. The number of hydrogen-bond acceptors (Lipinski definition) is 5. The van der Waals surface area contributed by atoms with Gasteiger partial charge in [0, 0.05) is 18.1 Å². The van der Waals surface area contributed by atoms with Crippen LogP contribution in [0.25, 0.3) is 0 Å². The maximum absolute atomic E-state index is 12.1. The molecule has 0 aromatic heterocycles. The highest BCUT2D eigenvalue weighted by atomic mass is 16.6. The first-order chi connectivity index (χ1) is 9.93. The van der Waals surface area contributed by atoms with Crippen molar-refractivity contribution < 1.29 is 19.2 Å². The molecule has 2 unspecified atom stereocenters. The van der Waals surface area contributed by atoms with Crippen LogP contribution < -0.4 is 0 Å². The molecule has 0 radical (unpaired) electrons. The Kier molecular flexibility index (Phi) is 4.16. The molecular formula is C15H15NO5. The molecule has 0 aliphatic heterocycles. The monoisotopic (exact) mass is 289 g/mol. The van der Waals surface area contributed by atoms with Gasteiger partial charge >= 0.3 is 5.97 Å². The van der Waals surface area contributed by atoms with Crippen LogP contribution in [0.2, 0.25) is 0 Å². The molecule has 1 aliphatic carbocycles. The van der Waals surface area contributed by atoms with Crippen molar-refractivity contribution in [1.29, 1.82) is 0 Å². The Morgan fingerprint density at radius 2 is 2.14 bits per heavy atom. The lowest BCUT2D eigenvalue weighted by molar-refractivity contribution is -0.384. The second kappa shape index (κ2) is 5.87. The van der Waals surface area contributed by atoms with Gasteiger partial charge in [-0.05, 0) is 25.0 Å². The zero-order chi connectivity index (χ0) is 15.6. The van der Waals surface area contributed by atoms with Gasteiger partial charge in [0.2, 0.25) is 0 Å². The molecule has 2 rings (SSSR count). The number of carbonyl (C=O) groups excluding carboxylic acids is 2. The van der Waals surface area contributed by atoms with E-state index in [0.717, 1.165) is 5.57 Å². The molecule has 1 aliphatic rings. The fraction of sp³-hybridized carbons (Fsp3) is 0.333. The minimum Gasteiger partial charge on any atom is -0.468 e. The zero-order valence-corrected chi connectivity index (χ0v) is 11.7. The highest BCUT2D eigenvalue weighted by Gasteiger charge is 2.38. The summed E-state index contributed by atoms with van der Waals surface area (Å²) < 4.78 is 4.70. The van der Waals surface area contributed by atoms with E-state index in [9.17, 15) is 19.7 Å². The number of carbonyl (C=O) groups is 2. The second-order valence-corrected chi connectivity index (χ2v) is 5.06. The average Bonchev–Trinajstić information content (AvgIpc) is 2.45. The molecule has 6 heteroatoms. The number of hydrogen-bond donors (Lipinski definition) is 0. The SMILES string of the molecule is COC(=O)C1C(=O)C=C(C)CC1c1cccc([N+](=O)[O-])c1. The first-order valence-electron chi connectivity index (χ1n) is 6.47. The first-order valence-corrected chi connectivity index (χ1v) is 6.47. The van der Waals surface area contributed by atoms with Crippen LogP contribution in [0, 0.1) is 16.0 Å². The van der Waals surface area contributed by atoms with E-state index in [1.54, 1.807) is 19.1 Å². The molecule has 1 aromatic rings. The van der Waals surface area contributed by atoms with Crippen LogP contribution in [0.15, 0.2) is 35.9 Å². The summed E-state index contributed by atoms with van der Waals surface area (Å²) in [6, 6.07) is 6.04. The van der Waals surface area contributed by atoms with Crippen molar-refractivity contribution in [2.45, 2.75) is 19.3 Å². The predicted octanol–water partition coefficient (Wildman–Crippen LogP) is 2.39. The van der Waals surface area contributed by atoms with Crippen molar-refractivity contribution in [1.82, 2.24) is 0 Å². The van der Waals surface area contributed by atoms with Gasteiger partial charge in [0.25, 0.3) is 5.69 Å². The van der Waals surface area contributed by atoms with Crippen LogP contribution in [0.4, 0.5) is 5.69 Å². The summed E-state index contributed by atoms with van der Waals surface area (Å²) in [5.74, 6) is -2.31. The predicted molar refractivity (Wildman–Crippen MR) is 74.7 cm³/mol. The number of nitro groups is 1. The van der Waals surface area contributed by atoms with Crippen LogP contribution in [0.5, 0.6) is 0 Å². The maximum atomic E-state index is 12.1. The van der Waals surface area contributed by atoms with Crippen molar-refractivity contribution in [2.75, 3.05) is 7.11 Å². The number of nitro benzene ring substituents is 1. The molecule has 0 fully saturated rings. The lowest BCUT2D eigenvalue weighted by atomic mass is 9.75. The summed E-state index contributed by atoms with van der Waals surface area (Å²) in [4.78, 5) is 34.4. The summed E-state index contributed by atoms with van der Waals surface area (Å²) in [5, 5.41) is 10.9. The molecule has 0 amide bonds. The minimum absolute atomic E-state index is 0.0595. The van der Waals surface area contributed by atoms with Gasteiger partial charge in [-0.25, -0.2) is 0 Å². The number of esters is 1. The van der Waals surface area contributed by atoms with Gasteiger partial charge in [-0.15, -0.1) is 0 Å². The molecule has 0 spiro atoms. The number of non-ortho nitro benzene ring substituents is 1. The topological polar surface area (TPSA) is 86.5 Å². The normalized spacial score (nSPS) is 21.6. The molecule has 0 saturated carbocycles. The van der Waals surface area contributed by atoms with Crippen molar-refractivity contribution >= 4 is 17.4 Å². The van der Waals surface area contributed by atoms with Crippen molar-refractivity contribution in [3.8, 4) is 0 Å². The fourth-order valence-corrected chi connectivity index (χ4v) is 2.64. The smallest absolute Gasteiger partial charge is 0.317 e. The third kappa shape index (κ3) is 2.99. The number of benzene rings is 1. The minimum atomic E-state index is -0.944. The summed E-state index contributed by atoms with van der Waals surface area (Å²) >= 11 is 0. The Bertz CT molecular complexity index is 635. The Balaban J connectivity index is 2.46. The van der Waals surface area contributed by atoms with E-state index in [-0.39, 0.29) is 11.5 Å². The van der Waals surface area contributed by atoms with Crippen LogP contribution in [-0.2, 0) is 14.3 Å². The Morgan fingerprint density at radius 1 is 1.43 bits per heavy atom. The number of allylic oxidation sites excluding steroid dienone is 2. The third-order valence-electron chi connectivity index (χ3n) is 3.60. The highest BCUT2D eigenvalue weighted by molar-refractivity contribution is 6.07. The summed E-state index contributed by atoms with van der Waals surface area (Å²) in [5.41, 5.74) is 1.38. The Morgan fingerprint density at radius 3 is 2.76 bits per heavy atom. The molecule has 0 N–H and O–H groups in total.